The van der Waals surface area contributed by atoms with Crippen LogP contribution in [-0.4, -0.2) is 11.4 Å². The maximum absolute atomic E-state index is 10.5. The highest BCUT2D eigenvalue weighted by atomic mass is 35.5. The number of phenolic OH excluding ortho intramolecular Hbond substituents is 1. The lowest BCUT2D eigenvalue weighted by molar-refractivity contribution is -0.108. The number of benzene rings is 1. The molecule has 0 radical (unpaired) electrons. The molecule has 0 aliphatic rings. The zero-order valence-corrected chi connectivity index (χ0v) is 8.43. The number of phenols is 1. The molecule has 70 valence electrons. The lowest BCUT2D eigenvalue weighted by atomic mass is 10.0. The summed E-state index contributed by atoms with van der Waals surface area (Å²) in [4.78, 5) is 10.5. The fraction of sp³-hybridized carbons (Fsp3) is 0.222. The molecule has 1 aromatic carbocycles. The molecule has 0 bridgehead atoms. The van der Waals surface area contributed by atoms with Gasteiger partial charge in [0, 0.05) is 5.92 Å². The number of hydrogen-bond acceptors (Lipinski definition) is 2. The summed E-state index contributed by atoms with van der Waals surface area (Å²) < 4.78 is 0. The molecule has 0 aromatic heterocycles. The van der Waals surface area contributed by atoms with E-state index in [-0.39, 0.29) is 21.7 Å². The van der Waals surface area contributed by atoms with E-state index >= 15 is 0 Å². The third kappa shape index (κ3) is 1.95. The number of halogens is 2. The summed E-state index contributed by atoms with van der Waals surface area (Å²) in [5.74, 6) is -0.390. The summed E-state index contributed by atoms with van der Waals surface area (Å²) >= 11 is 11.5. The average molecular weight is 219 g/mol. The average Bonchev–Trinajstić information content (AvgIpc) is 2.13. The smallest absolute Gasteiger partial charge is 0.135 e. The summed E-state index contributed by atoms with van der Waals surface area (Å²) in [6.07, 6.45) is 0.772. The Balaban J connectivity index is 3.25. The number of carbonyl (C=O) groups excluding carboxylic acids is 1. The molecule has 2 nitrogen and oxygen atoms in total. The summed E-state index contributed by atoms with van der Waals surface area (Å²) in [6.45, 7) is 1.71. The Morgan fingerprint density at radius 1 is 1.38 bits per heavy atom. The van der Waals surface area contributed by atoms with Crippen LogP contribution in [-0.2, 0) is 4.79 Å². The molecule has 0 saturated carbocycles. The number of carbonyl (C=O) groups is 1. The van der Waals surface area contributed by atoms with Crippen LogP contribution >= 0.6 is 23.2 Å². The molecule has 4 heteroatoms. The third-order valence-electron chi connectivity index (χ3n) is 1.79. The lowest BCUT2D eigenvalue weighted by Gasteiger charge is -2.08. The van der Waals surface area contributed by atoms with Gasteiger partial charge in [0.15, 0.2) is 0 Å². The molecule has 0 aliphatic heterocycles. The Kier molecular flexibility index (Phi) is 3.17. The summed E-state index contributed by atoms with van der Waals surface area (Å²) in [5, 5.41) is 9.50. The van der Waals surface area contributed by atoms with Gasteiger partial charge in [-0.1, -0.05) is 36.2 Å². The molecule has 1 rings (SSSR count). The van der Waals surface area contributed by atoms with Gasteiger partial charge in [-0.15, -0.1) is 0 Å². The molecule has 13 heavy (non-hydrogen) atoms. The van der Waals surface area contributed by atoms with E-state index in [1.165, 1.54) is 6.07 Å². The number of hydrogen-bond donors (Lipinski definition) is 1. The van der Waals surface area contributed by atoms with Gasteiger partial charge in [-0.25, -0.2) is 0 Å². The highest BCUT2D eigenvalue weighted by Gasteiger charge is 2.13. The van der Waals surface area contributed by atoms with Crippen LogP contribution in [0.15, 0.2) is 12.1 Å². The molecule has 0 fully saturated rings. The SMILES string of the molecule is CC(C=O)c1ccc(O)c(Cl)c1Cl. The van der Waals surface area contributed by atoms with E-state index in [2.05, 4.69) is 0 Å². The second kappa shape index (κ2) is 3.99. The second-order valence-electron chi connectivity index (χ2n) is 2.73. The van der Waals surface area contributed by atoms with Crippen LogP contribution in [0.5, 0.6) is 5.75 Å². The molecule has 0 heterocycles. The van der Waals surface area contributed by atoms with Gasteiger partial charge >= 0.3 is 0 Å². The van der Waals surface area contributed by atoms with Gasteiger partial charge in [0.05, 0.1) is 5.02 Å². The minimum absolute atomic E-state index is 0.0754. The first-order valence-corrected chi connectivity index (χ1v) is 4.45. The molecular formula is C9H8Cl2O2. The van der Waals surface area contributed by atoms with Gasteiger partial charge in [-0.05, 0) is 11.6 Å². The Bertz CT molecular complexity index is 337. The fourth-order valence-corrected chi connectivity index (χ4v) is 1.48. The first kappa shape index (κ1) is 10.4. The molecular weight excluding hydrogens is 211 g/mol. The highest BCUT2D eigenvalue weighted by Crippen LogP contribution is 2.36. The van der Waals surface area contributed by atoms with Gasteiger partial charge in [-0.3, -0.25) is 0 Å². The van der Waals surface area contributed by atoms with Gasteiger partial charge in [0.2, 0.25) is 0 Å². The van der Waals surface area contributed by atoms with Crippen LogP contribution in [0.25, 0.3) is 0 Å². The zero-order valence-electron chi connectivity index (χ0n) is 6.92. The molecule has 0 saturated heterocycles. The molecule has 0 aliphatic carbocycles. The quantitative estimate of drug-likeness (QED) is 0.776. The van der Waals surface area contributed by atoms with E-state index in [1.54, 1.807) is 13.0 Å². The predicted octanol–water partition coefficient (Wildman–Crippen LogP) is 3.00. The fourth-order valence-electron chi connectivity index (χ4n) is 0.979. The predicted molar refractivity (Wildman–Crippen MR) is 52.6 cm³/mol. The van der Waals surface area contributed by atoms with E-state index in [0.29, 0.717) is 5.56 Å². The number of aldehydes is 1. The number of aromatic hydroxyl groups is 1. The van der Waals surface area contributed by atoms with E-state index in [9.17, 15) is 9.90 Å². The molecule has 1 unspecified atom stereocenters. The van der Waals surface area contributed by atoms with Crippen LogP contribution in [0.2, 0.25) is 10.0 Å². The maximum atomic E-state index is 10.5. The first-order valence-electron chi connectivity index (χ1n) is 3.70. The van der Waals surface area contributed by atoms with Crippen LogP contribution in [0.1, 0.15) is 18.4 Å². The minimum atomic E-state index is -0.314. The third-order valence-corrected chi connectivity index (χ3v) is 2.67. The first-order chi connectivity index (χ1) is 6.07. The van der Waals surface area contributed by atoms with Crippen molar-refractivity contribution in [1.82, 2.24) is 0 Å². The Morgan fingerprint density at radius 3 is 2.54 bits per heavy atom. The Morgan fingerprint density at radius 2 is 2.00 bits per heavy atom. The van der Waals surface area contributed by atoms with E-state index < -0.39 is 0 Å². The zero-order chi connectivity index (χ0) is 10.0. The number of rotatable bonds is 2. The normalized spacial score (nSPS) is 12.5. The van der Waals surface area contributed by atoms with E-state index in [1.807, 2.05) is 0 Å². The minimum Gasteiger partial charge on any atom is -0.506 e. The molecule has 0 spiro atoms. The maximum Gasteiger partial charge on any atom is 0.135 e. The van der Waals surface area contributed by atoms with Crippen molar-refractivity contribution in [2.24, 2.45) is 0 Å². The van der Waals surface area contributed by atoms with Gasteiger partial charge in [-0.2, -0.15) is 0 Å². The molecule has 0 amide bonds. The van der Waals surface area contributed by atoms with Crippen LogP contribution < -0.4 is 0 Å². The van der Waals surface area contributed by atoms with Crippen molar-refractivity contribution < 1.29 is 9.90 Å². The van der Waals surface area contributed by atoms with Crippen molar-refractivity contribution in [3.8, 4) is 5.75 Å². The largest absolute Gasteiger partial charge is 0.506 e. The Labute approximate surface area is 86.1 Å². The second-order valence-corrected chi connectivity index (χ2v) is 3.48. The standard InChI is InChI=1S/C9H8Cl2O2/c1-5(4-12)6-2-3-7(13)9(11)8(6)10/h2-5,13H,1H3. The monoisotopic (exact) mass is 218 g/mol. The van der Waals surface area contributed by atoms with Crippen molar-refractivity contribution in [3.05, 3.63) is 27.7 Å². The van der Waals surface area contributed by atoms with Crippen LogP contribution in [0, 0.1) is 0 Å². The highest BCUT2D eigenvalue weighted by molar-refractivity contribution is 6.43. The molecule has 1 N–H and O–H groups in total. The van der Waals surface area contributed by atoms with E-state index in [0.717, 1.165) is 6.29 Å². The Hall–Kier alpha value is -0.730. The van der Waals surface area contributed by atoms with Gasteiger partial charge in [0.1, 0.15) is 17.1 Å². The van der Waals surface area contributed by atoms with Crippen LogP contribution in [0.4, 0.5) is 0 Å². The van der Waals surface area contributed by atoms with Crippen molar-refractivity contribution >= 4 is 29.5 Å². The van der Waals surface area contributed by atoms with E-state index in [4.69, 9.17) is 23.2 Å². The van der Waals surface area contributed by atoms with Gasteiger partial charge in [0.25, 0.3) is 0 Å². The summed E-state index contributed by atoms with van der Waals surface area (Å²) in [5.41, 5.74) is 0.625. The summed E-state index contributed by atoms with van der Waals surface area (Å²) in [7, 11) is 0. The van der Waals surface area contributed by atoms with Crippen LogP contribution in [0.3, 0.4) is 0 Å². The lowest BCUT2D eigenvalue weighted by Crippen LogP contribution is -1.95. The van der Waals surface area contributed by atoms with Gasteiger partial charge < -0.3 is 9.90 Å². The van der Waals surface area contributed by atoms with Crippen molar-refractivity contribution in [2.45, 2.75) is 12.8 Å². The summed E-state index contributed by atoms with van der Waals surface area (Å²) in [6, 6.07) is 3.01. The topological polar surface area (TPSA) is 37.3 Å². The van der Waals surface area contributed by atoms with Crippen molar-refractivity contribution in [2.75, 3.05) is 0 Å². The molecule has 1 atom stereocenters. The van der Waals surface area contributed by atoms with Crippen molar-refractivity contribution in [3.63, 3.8) is 0 Å². The molecule has 1 aromatic rings. The van der Waals surface area contributed by atoms with Crippen molar-refractivity contribution in [1.29, 1.82) is 0 Å².